The molecule has 2 unspecified atom stereocenters. The summed E-state index contributed by atoms with van der Waals surface area (Å²) in [6.45, 7) is 6.32. The van der Waals surface area contributed by atoms with E-state index >= 15 is 0 Å². The first kappa shape index (κ1) is 14.1. The average molecular weight is 297 g/mol. The third-order valence-corrected chi connectivity index (χ3v) is 8.03. The van der Waals surface area contributed by atoms with Crippen LogP contribution >= 0.6 is 0 Å². The van der Waals surface area contributed by atoms with Crippen LogP contribution in [0.1, 0.15) is 46.5 Å². The Labute approximate surface area is 121 Å². The van der Waals surface area contributed by atoms with E-state index in [-0.39, 0.29) is 28.5 Å². The van der Waals surface area contributed by atoms with Gasteiger partial charge >= 0.3 is 0 Å². The Balaban J connectivity index is 2.02. The number of rotatable bonds is 2. The standard InChI is InChI=1S/C15H23NO3S/c1-4-5-6-13(17)16-12-9-15(10-20(16,18)19)8-7-11(12)14(15,2)3/h5-6,11-12H,4,7-10H2,1-3H3/b6-5-/t11?,12?,15-/m1/s1. The molecule has 4 nitrogen and oxygen atoms in total. The van der Waals surface area contributed by atoms with Crippen molar-refractivity contribution >= 4 is 15.9 Å². The first-order valence-electron chi connectivity index (χ1n) is 7.48. The maximum Gasteiger partial charge on any atom is 0.259 e. The highest BCUT2D eigenvalue weighted by molar-refractivity contribution is 7.89. The molecule has 0 N–H and O–H groups in total. The van der Waals surface area contributed by atoms with E-state index in [1.807, 2.05) is 6.92 Å². The second kappa shape index (κ2) is 4.09. The summed E-state index contributed by atoms with van der Waals surface area (Å²) in [5, 5.41) is 0. The number of sulfonamides is 1. The largest absolute Gasteiger partial charge is 0.269 e. The highest BCUT2D eigenvalue weighted by Crippen LogP contribution is 2.69. The predicted molar refractivity (Wildman–Crippen MR) is 77.4 cm³/mol. The van der Waals surface area contributed by atoms with Crippen LogP contribution in [0.15, 0.2) is 12.2 Å². The lowest BCUT2D eigenvalue weighted by Gasteiger charge is -2.43. The number of hydrogen-bond acceptors (Lipinski definition) is 3. The quantitative estimate of drug-likeness (QED) is 0.735. The minimum Gasteiger partial charge on any atom is -0.269 e. The van der Waals surface area contributed by atoms with Crippen molar-refractivity contribution in [3.63, 3.8) is 0 Å². The molecule has 1 heterocycles. The van der Waals surface area contributed by atoms with Gasteiger partial charge in [-0.15, -0.1) is 0 Å². The number of fused-ring (bicyclic) bond motifs is 3. The van der Waals surface area contributed by atoms with Crippen LogP contribution in [0.4, 0.5) is 0 Å². The van der Waals surface area contributed by atoms with Gasteiger partial charge in [-0.3, -0.25) is 4.79 Å². The van der Waals surface area contributed by atoms with Gasteiger partial charge in [0.15, 0.2) is 0 Å². The van der Waals surface area contributed by atoms with Gasteiger partial charge in [-0.05, 0) is 42.4 Å². The summed E-state index contributed by atoms with van der Waals surface area (Å²) < 4.78 is 26.4. The number of amides is 1. The van der Waals surface area contributed by atoms with Gasteiger partial charge in [0.25, 0.3) is 5.91 Å². The number of nitrogens with zero attached hydrogens (tertiary/aromatic N) is 1. The molecule has 20 heavy (non-hydrogen) atoms. The second-order valence-corrected chi connectivity index (χ2v) is 8.97. The molecule has 3 atom stereocenters. The summed E-state index contributed by atoms with van der Waals surface area (Å²) in [6, 6.07) is -0.119. The number of hydrogen-bond donors (Lipinski definition) is 0. The van der Waals surface area contributed by atoms with Crippen LogP contribution < -0.4 is 0 Å². The average Bonchev–Trinajstić information content (AvgIpc) is 2.66. The summed E-state index contributed by atoms with van der Waals surface area (Å²) in [5.74, 6) is 0.111. The molecule has 3 bridgehead atoms. The maximum absolute atomic E-state index is 12.6. The van der Waals surface area contributed by atoms with Crippen molar-refractivity contribution in [2.75, 3.05) is 5.75 Å². The van der Waals surface area contributed by atoms with E-state index in [0.717, 1.165) is 25.7 Å². The maximum atomic E-state index is 12.6. The molecule has 0 aromatic carbocycles. The van der Waals surface area contributed by atoms with Crippen LogP contribution in [0.5, 0.6) is 0 Å². The lowest BCUT2D eigenvalue weighted by atomic mass is 9.71. The van der Waals surface area contributed by atoms with E-state index < -0.39 is 10.0 Å². The first-order valence-corrected chi connectivity index (χ1v) is 9.09. The highest BCUT2D eigenvalue weighted by atomic mass is 32.2. The SMILES string of the molecule is CC/C=C\C(=O)N1C2C[C@]3(CCC2C3(C)C)CS1(=O)=O. The first-order chi connectivity index (χ1) is 9.25. The van der Waals surface area contributed by atoms with E-state index in [4.69, 9.17) is 0 Å². The molecule has 1 spiro atoms. The van der Waals surface area contributed by atoms with Crippen LogP contribution in [0.25, 0.3) is 0 Å². The normalized spacial score (nSPS) is 40.5. The van der Waals surface area contributed by atoms with Crippen LogP contribution in [0.2, 0.25) is 0 Å². The molecule has 1 saturated heterocycles. The summed E-state index contributed by atoms with van der Waals surface area (Å²) in [7, 11) is -3.47. The Morgan fingerprint density at radius 1 is 1.40 bits per heavy atom. The monoisotopic (exact) mass is 297 g/mol. The minimum atomic E-state index is -3.47. The lowest BCUT2D eigenvalue weighted by Crippen LogP contribution is -2.53. The zero-order valence-corrected chi connectivity index (χ0v) is 13.2. The van der Waals surface area contributed by atoms with Crippen LogP contribution in [-0.2, 0) is 14.8 Å². The number of carbonyl (C=O) groups excluding carboxylic acids is 1. The fraction of sp³-hybridized carbons (Fsp3) is 0.800. The molecule has 0 radical (unpaired) electrons. The third-order valence-electron chi connectivity index (χ3n) is 6.06. The highest BCUT2D eigenvalue weighted by Gasteiger charge is 2.70. The minimum absolute atomic E-state index is 0.0221. The molecule has 2 aliphatic carbocycles. The Morgan fingerprint density at radius 3 is 2.75 bits per heavy atom. The van der Waals surface area contributed by atoms with Crippen molar-refractivity contribution in [1.82, 2.24) is 4.31 Å². The Morgan fingerprint density at radius 2 is 2.10 bits per heavy atom. The number of carbonyl (C=O) groups is 1. The Kier molecular flexibility index (Phi) is 2.89. The molecule has 0 aromatic rings. The summed E-state index contributed by atoms with van der Waals surface area (Å²) in [5.41, 5.74) is -0.0827. The topological polar surface area (TPSA) is 54.5 Å². The summed E-state index contributed by atoms with van der Waals surface area (Å²) >= 11 is 0. The van der Waals surface area contributed by atoms with E-state index in [9.17, 15) is 13.2 Å². The summed E-state index contributed by atoms with van der Waals surface area (Å²) in [4.78, 5) is 12.3. The molecule has 3 rings (SSSR count). The van der Waals surface area contributed by atoms with Crippen molar-refractivity contribution in [2.45, 2.75) is 52.5 Å². The van der Waals surface area contributed by atoms with Crippen molar-refractivity contribution in [2.24, 2.45) is 16.7 Å². The van der Waals surface area contributed by atoms with E-state index in [1.54, 1.807) is 6.08 Å². The molecular weight excluding hydrogens is 274 g/mol. The third kappa shape index (κ3) is 1.59. The van der Waals surface area contributed by atoms with Crippen molar-refractivity contribution in [3.8, 4) is 0 Å². The molecule has 1 aliphatic heterocycles. The molecule has 5 heteroatoms. The Hall–Kier alpha value is -0.840. The molecular formula is C15H23NO3S. The van der Waals surface area contributed by atoms with Crippen LogP contribution in [0, 0.1) is 16.7 Å². The van der Waals surface area contributed by atoms with Crippen molar-refractivity contribution < 1.29 is 13.2 Å². The summed E-state index contributed by atoms with van der Waals surface area (Å²) in [6.07, 6.45) is 6.80. The molecule has 2 saturated carbocycles. The molecule has 3 aliphatic rings. The number of allylic oxidation sites excluding steroid dienone is 1. The zero-order valence-electron chi connectivity index (χ0n) is 12.4. The lowest BCUT2D eigenvalue weighted by molar-refractivity contribution is -0.124. The van der Waals surface area contributed by atoms with E-state index in [1.165, 1.54) is 10.4 Å². The molecule has 3 fully saturated rings. The van der Waals surface area contributed by atoms with Gasteiger partial charge in [0, 0.05) is 6.08 Å². The second-order valence-electron chi connectivity index (χ2n) is 7.12. The van der Waals surface area contributed by atoms with E-state index in [2.05, 4.69) is 13.8 Å². The molecule has 0 aromatic heterocycles. The molecule has 112 valence electrons. The van der Waals surface area contributed by atoms with Gasteiger partial charge in [-0.2, -0.15) is 0 Å². The fourth-order valence-corrected chi connectivity index (χ4v) is 7.31. The fourth-order valence-electron chi connectivity index (χ4n) is 4.87. The van der Waals surface area contributed by atoms with Crippen molar-refractivity contribution in [1.29, 1.82) is 0 Å². The van der Waals surface area contributed by atoms with Gasteiger partial charge in [-0.1, -0.05) is 26.8 Å². The molecule has 1 amide bonds. The van der Waals surface area contributed by atoms with Gasteiger partial charge in [-0.25, -0.2) is 12.7 Å². The van der Waals surface area contributed by atoms with Gasteiger partial charge in [0.1, 0.15) is 0 Å². The van der Waals surface area contributed by atoms with Crippen molar-refractivity contribution in [3.05, 3.63) is 12.2 Å². The predicted octanol–water partition coefficient (Wildman–Crippen LogP) is 2.32. The Bertz CT molecular complexity index is 578. The van der Waals surface area contributed by atoms with Crippen LogP contribution in [0.3, 0.4) is 0 Å². The van der Waals surface area contributed by atoms with Crippen LogP contribution in [-0.4, -0.2) is 30.4 Å². The zero-order chi connectivity index (χ0) is 14.8. The van der Waals surface area contributed by atoms with E-state index in [0.29, 0.717) is 5.92 Å². The van der Waals surface area contributed by atoms with Gasteiger partial charge in [0.2, 0.25) is 10.0 Å². The van der Waals surface area contributed by atoms with Gasteiger partial charge in [0.05, 0.1) is 11.8 Å². The van der Waals surface area contributed by atoms with Gasteiger partial charge < -0.3 is 0 Å². The smallest absolute Gasteiger partial charge is 0.259 e.